The number of hydrogen-bond acceptors (Lipinski definition) is 2. The highest BCUT2D eigenvalue weighted by Gasteiger charge is 2.23. The molecule has 4 heteroatoms. The van der Waals surface area contributed by atoms with Gasteiger partial charge in [0.1, 0.15) is 0 Å². The van der Waals surface area contributed by atoms with Crippen molar-refractivity contribution in [2.24, 2.45) is 5.92 Å². The first-order valence-electron chi connectivity index (χ1n) is 8.03. The molecule has 1 aliphatic heterocycles. The molecule has 1 N–H and O–H groups in total. The number of carbonyl (C=O) groups is 1. The fourth-order valence-electron chi connectivity index (χ4n) is 3.17. The van der Waals surface area contributed by atoms with Gasteiger partial charge in [0.2, 0.25) is 5.91 Å². The van der Waals surface area contributed by atoms with Crippen LogP contribution in [0, 0.1) is 12.8 Å². The van der Waals surface area contributed by atoms with Crippen LogP contribution in [0.4, 0.5) is 0 Å². The topological polar surface area (TPSA) is 49.0 Å². The number of nitrogens with one attached hydrogen (secondary N) is 1. The van der Waals surface area contributed by atoms with Crippen molar-refractivity contribution in [1.29, 1.82) is 0 Å². The Labute approximate surface area is 131 Å². The molecular formula is C18H23N3O. The molecule has 2 heterocycles. The van der Waals surface area contributed by atoms with Gasteiger partial charge in [0.15, 0.2) is 0 Å². The normalized spacial score (nSPS) is 16.0. The third-order valence-electron chi connectivity index (χ3n) is 4.43. The average Bonchev–Trinajstić information content (AvgIpc) is 2.94. The standard InChI is InChI=1S/C18H23N3O/c1-14-11-17(20-19-14)13-18(22)21-9-7-16(8-10-21)12-15-5-3-2-4-6-15/h2-6,11,16H,7-10,12-13H2,1H3,(H,19,20). The molecule has 1 aromatic heterocycles. The molecule has 0 atom stereocenters. The summed E-state index contributed by atoms with van der Waals surface area (Å²) in [6.07, 6.45) is 3.73. The summed E-state index contributed by atoms with van der Waals surface area (Å²) in [6, 6.07) is 12.6. The SMILES string of the molecule is Cc1cc(CC(=O)N2CCC(Cc3ccccc3)CC2)n[nH]1. The van der Waals surface area contributed by atoms with Crippen molar-refractivity contribution in [3.8, 4) is 0 Å². The highest BCUT2D eigenvalue weighted by atomic mass is 16.2. The number of rotatable bonds is 4. The van der Waals surface area contributed by atoms with Crippen molar-refractivity contribution in [2.75, 3.05) is 13.1 Å². The number of nitrogens with zero attached hydrogens (tertiary/aromatic N) is 2. The average molecular weight is 297 g/mol. The van der Waals surface area contributed by atoms with Gasteiger partial charge < -0.3 is 4.90 Å². The van der Waals surface area contributed by atoms with Crippen molar-refractivity contribution in [3.63, 3.8) is 0 Å². The van der Waals surface area contributed by atoms with Gasteiger partial charge in [-0.1, -0.05) is 30.3 Å². The zero-order valence-corrected chi connectivity index (χ0v) is 13.1. The molecule has 2 aromatic rings. The van der Waals surface area contributed by atoms with Crippen LogP contribution < -0.4 is 0 Å². The predicted octanol–water partition coefficient (Wildman–Crippen LogP) is 2.74. The Kier molecular flexibility index (Phi) is 4.56. The summed E-state index contributed by atoms with van der Waals surface area (Å²) < 4.78 is 0. The molecule has 0 saturated carbocycles. The van der Waals surface area contributed by atoms with E-state index in [9.17, 15) is 4.79 Å². The quantitative estimate of drug-likeness (QED) is 0.943. The summed E-state index contributed by atoms with van der Waals surface area (Å²) in [6.45, 7) is 3.70. The first-order valence-corrected chi connectivity index (χ1v) is 8.03. The second kappa shape index (κ2) is 6.77. The molecular weight excluding hydrogens is 274 g/mol. The van der Waals surface area contributed by atoms with E-state index in [0.717, 1.165) is 43.7 Å². The molecule has 1 fully saturated rings. The number of aromatic nitrogens is 2. The molecule has 0 radical (unpaired) electrons. The lowest BCUT2D eigenvalue weighted by molar-refractivity contribution is -0.131. The maximum Gasteiger partial charge on any atom is 0.228 e. The predicted molar refractivity (Wildman–Crippen MR) is 86.5 cm³/mol. The fourth-order valence-corrected chi connectivity index (χ4v) is 3.17. The van der Waals surface area contributed by atoms with Gasteiger partial charge in [0, 0.05) is 18.8 Å². The molecule has 1 aromatic carbocycles. The largest absolute Gasteiger partial charge is 0.342 e. The van der Waals surface area contributed by atoms with Crippen LogP contribution in [0.15, 0.2) is 36.4 Å². The summed E-state index contributed by atoms with van der Waals surface area (Å²) in [5.41, 5.74) is 3.25. The molecule has 1 saturated heterocycles. The van der Waals surface area contributed by atoms with Crippen molar-refractivity contribution in [2.45, 2.75) is 32.6 Å². The Morgan fingerprint density at radius 1 is 1.27 bits per heavy atom. The highest BCUT2D eigenvalue weighted by molar-refractivity contribution is 5.78. The number of benzene rings is 1. The summed E-state index contributed by atoms with van der Waals surface area (Å²) in [5, 5.41) is 7.04. The van der Waals surface area contributed by atoms with Crippen LogP contribution in [0.1, 0.15) is 29.8 Å². The van der Waals surface area contributed by atoms with Crippen LogP contribution in [0.5, 0.6) is 0 Å². The van der Waals surface area contributed by atoms with E-state index in [2.05, 4.69) is 40.5 Å². The van der Waals surface area contributed by atoms with Crippen molar-refractivity contribution in [1.82, 2.24) is 15.1 Å². The van der Waals surface area contributed by atoms with E-state index in [4.69, 9.17) is 0 Å². The zero-order valence-electron chi connectivity index (χ0n) is 13.1. The van der Waals surface area contributed by atoms with Gasteiger partial charge in [-0.25, -0.2) is 0 Å². The molecule has 1 amide bonds. The van der Waals surface area contributed by atoms with Crippen LogP contribution in [-0.2, 0) is 17.6 Å². The third kappa shape index (κ3) is 3.75. The molecule has 0 bridgehead atoms. The van der Waals surface area contributed by atoms with Gasteiger partial charge in [0.05, 0.1) is 12.1 Å². The summed E-state index contributed by atoms with van der Waals surface area (Å²) >= 11 is 0. The van der Waals surface area contributed by atoms with Gasteiger partial charge in [0.25, 0.3) is 0 Å². The molecule has 4 nitrogen and oxygen atoms in total. The highest BCUT2D eigenvalue weighted by Crippen LogP contribution is 2.22. The van der Waals surface area contributed by atoms with Crippen molar-refractivity contribution in [3.05, 3.63) is 53.3 Å². The zero-order chi connectivity index (χ0) is 15.4. The smallest absolute Gasteiger partial charge is 0.228 e. The van der Waals surface area contributed by atoms with Gasteiger partial charge in [-0.2, -0.15) is 5.10 Å². The number of aromatic amines is 1. The first kappa shape index (κ1) is 14.8. The van der Waals surface area contributed by atoms with Gasteiger partial charge >= 0.3 is 0 Å². The van der Waals surface area contributed by atoms with E-state index in [1.165, 1.54) is 5.56 Å². The molecule has 0 spiro atoms. The maximum absolute atomic E-state index is 12.3. The second-order valence-electron chi connectivity index (χ2n) is 6.23. The van der Waals surface area contributed by atoms with E-state index < -0.39 is 0 Å². The lowest BCUT2D eigenvalue weighted by atomic mass is 9.90. The van der Waals surface area contributed by atoms with Crippen molar-refractivity contribution >= 4 is 5.91 Å². The number of carbonyl (C=O) groups excluding carboxylic acids is 1. The molecule has 0 aliphatic carbocycles. The van der Waals surface area contributed by atoms with E-state index in [1.54, 1.807) is 0 Å². The molecule has 22 heavy (non-hydrogen) atoms. The van der Waals surface area contributed by atoms with Crippen LogP contribution in [0.2, 0.25) is 0 Å². The second-order valence-corrected chi connectivity index (χ2v) is 6.23. The van der Waals surface area contributed by atoms with Crippen LogP contribution >= 0.6 is 0 Å². The van der Waals surface area contributed by atoms with Crippen LogP contribution in [0.25, 0.3) is 0 Å². The number of piperidine rings is 1. The van der Waals surface area contributed by atoms with Gasteiger partial charge in [-0.3, -0.25) is 9.89 Å². The minimum absolute atomic E-state index is 0.199. The maximum atomic E-state index is 12.3. The van der Waals surface area contributed by atoms with Crippen molar-refractivity contribution < 1.29 is 4.79 Å². The number of likely N-dealkylation sites (tertiary alicyclic amines) is 1. The lowest BCUT2D eigenvalue weighted by Crippen LogP contribution is -2.39. The summed E-state index contributed by atoms with van der Waals surface area (Å²) in [7, 11) is 0. The van der Waals surface area contributed by atoms with Crippen LogP contribution in [0.3, 0.4) is 0 Å². The Morgan fingerprint density at radius 2 is 2.00 bits per heavy atom. The van der Waals surface area contributed by atoms with Crippen LogP contribution in [-0.4, -0.2) is 34.1 Å². The first-order chi connectivity index (χ1) is 10.7. The number of aryl methyl sites for hydroxylation is 1. The monoisotopic (exact) mass is 297 g/mol. The Balaban J connectivity index is 1.48. The molecule has 1 aliphatic rings. The minimum atomic E-state index is 0.199. The molecule has 0 unspecified atom stereocenters. The van der Waals surface area contributed by atoms with E-state index in [0.29, 0.717) is 12.3 Å². The number of amides is 1. The van der Waals surface area contributed by atoms with Gasteiger partial charge in [-0.05, 0) is 43.7 Å². The molecule has 3 rings (SSSR count). The molecule has 116 valence electrons. The number of hydrogen-bond donors (Lipinski definition) is 1. The van der Waals surface area contributed by atoms with E-state index in [-0.39, 0.29) is 5.91 Å². The third-order valence-corrected chi connectivity index (χ3v) is 4.43. The fraction of sp³-hybridized carbons (Fsp3) is 0.444. The Hall–Kier alpha value is -2.10. The number of H-pyrrole nitrogens is 1. The minimum Gasteiger partial charge on any atom is -0.342 e. The lowest BCUT2D eigenvalue weighted by Gasteiger charge is -2.32. The Morgan fingerprint density at radius 3 is 2.64 bits per heavy atom. The van der Waals surface area contributed by atoms with Gasteiger partial charge in [-0.15, -0.1) is 0 Å². The van der Waals surface area contributed by atoms with E-state index in [1.807, 2.05) is 17.9 Å². The summed E-state index contributed by atoms with van der Waals surface area (Å²) in [4.78, 5) is 14.3. The Bertz CT molecular complexity index is 612. The summed E-state index contributed by atoms with van der Waals surface area (Å²) in [5.74, 6) is 0.892. The van der Waals surface area contributed by atoms with E-state index >= 15 is 0 Å².